The van der Waals surface area contributed by atoms with Gasteiger partial charge in [-0.1, -0.05) is 24.3 Å². The summed E-state index contributed by atoms with van der Waals surface area (Å²) < 4.78 is 4.99. The quantitative estimate of drug-likeness (QED) is 0.837. The van der Waals surface area contributed by atoms with Crippen molar-refractivity contribution in [2.75, 3.05) is 0 Å². The Labute approximate surface area is 112 Å². The van der Waals surface area contributed by atoms with E-state index in [0.717, 1.165) is 29.8 Å². The maximum Gasteiger partial charge on any atom is 0.310 e. The van der Waals surface area contributed by atoms with Crippen LogP contribution in [0.3, 0.4) is 0 Å². The van der Waals surface area contributed by atoms with Crippen molar-refractivity contribution in [1.82, 2.24) is 5.32 Å². The number of benzene rings is 1. The molecular formula is C15H17NO3. The summed E-state index contributed by atoms with van der Waals surface area (Å²) in [6.45, 7) is 3.19. The van der Waals surface area contributed by atoms with Gasteiger partial charge in [-0.2, -0.15) is 0 Å². The molecule has 4 nitrogen and oxygen atoms in total. The van der Waals surface area contributed by atoms with Crippen molar-refractivity contribution in [1.29, 1.82) is 0 Å². The summed E-state index contributed by atoms with van der Waals surface area (Å²) >= 11 is 0. The smallest absolute Gasteiger partial charge is 0.310 e. The molecule has 1 aromatic carbocycles. The third-order valence-electron chi connectivity index (χ3n) is 3.09. The average molecular weight is 259 g/mol. The first-order valence-electron chi connectivity index (χ1n) is 6.20. The fourth-order valence-corrected chi connectivity index (χ4v) is 1.81. The number of aliphatic carboxylic acids is 1. The van der Waals surface area contributed by atoms with Crippen LogP contribution in [0.15, 0.2) is 47.3 Å². The van der Waals surface area contributed by atoms with Crippen molar-refractivity contribution in [3.05, 3.63) is 59.5 Å². The van der Waals surface area contributed by atoms with E-state index in [1.54, 1.807) is 19.5 Å². The molecule has 1 heterocycles. The summed E-state index contributed by atoms with van der Waals surface area (Å²) in [6.07, 6.45) is 3.36. The van der Waals surface area contributed by atoms with Gasteiger partial charge in [-0.25, -0.2) is 0 Å². The zero-order chi connectivity index (χ0) is 13.7. The summed E-state index contributed by atoms with van der Waals surface area (Å²) in [6, 6.07) is 9.57. The lowest BCUT2D eigenvalue weighted by molar-refractivity contribution is -0.138. The van der Waals surface area contributed by atoms with Crippen LogP contribution >= 0.6 is 0 Å². The second-order valence-corrected chi connectivity index (χ2v) is 4.54. The number of hydrogen-bond donors (Lipinski definition) is 2. The molecule has 0 radical (unpaired) electrons. The number of nitrogens with one attached hydrogen (secondary N) is 1. The Kier molecular flexibility index (Phi) is 4.36. The molecule has 0 aliphatic carbocycles. The first-order chi connectivity index (χ1) is 9.16. The number of carboxylic acids is 1. The molecule has 0 fully saturated rings. The van der Waals surface area contributed by atoms with Crippen LogP contribution in [0.2, 0.25) is 0 Å². The van der Waals surface area contributed by atoms with E-state index in [1.807, 2.05) is 30.3 Å². The molecule has 19 heavy (non-hydrogen) atoms. The van der Waals surface area contributed by atoms with Crippen LogP contribution in [0.4, 0.5) is 0 Å². The third-order valence-corrected chi connectivity index (χ3v) is 3.09. The molecule has 1 aromatic heterocycles. The molecule has 2 N–H and O–H groups in total. The fraction of sp³-hybridized carbons (Fsp3) is 0.267. The Balaban J connectivity index is 1.86. The lowest BCUT2D eigenvalue weighted by atomic mass is 10.00. The second kappa shape index (κ2) is 6.20. The van der Waals surface area contributed by atoms with Gasteiger partial charge in [0.2, 0.25) is 0 Å². The molecule has 0 amide bonds. The second-order valence-electron chi connectivity index (χ2n) is 4.54. The van der Waals surface area contributed by atoms with Crippen LogP contribution < -0.4 is 5.32 Å². The molecule has 0 aliphatic heterocycles. The van der Waals surface area contributed by atoms with E-state index in [1.165, 1.54) is 0 Å². The third kappa shape index (κ3) is 3.69. The Morgan fingerprint density at radius 1 is 1.21 bits per heavy atom. The summed E-state index contributed by atoms with van der Waals surface area (Å²) in [4.78, 5) is 10.9. The molecule has 2 rings (SSSR count). The highest BCUT2D eigenvalue weighted by Crippen LogP contribution is 2.16. The van der Waals surface area contributed by atoms with Crippen LogP contribution in [0, 0.1) is 0 Å². The normalized spacial score (nSPS) is 12.3. The van der Waals surface area contributed by atoms with E-state index in [9.17, 15) is 4.79 Å². The summed E-state index contributed by atoms with van der Waals surface area (Å²) in [7, 11) is 0. The predicted octanol–water partition coefficient (Wildman–Crippen LogP) is 2.76. The first kappa shape index (κ1) is 13.4. The molecule has 1 unspecified atom stereocenters. The van der Waals surface area contributed by atoms with Gasteiger partial charge in [-0.3, -0.25) is 4.79 Å². The van der Waals surface area contributed by atoms with Crippen molar-refractivity contribution in [3.8, 4) is 0 Å². The number of furan rings is 1. The number of carbonyl (C=O) groups is 1. The molecule has 1 atom stereocenters. The highest BCUT2D eigenvalue weighted by Gasteiger charge is 2.12. The first-order valence-corrected chi connectivity index (χ1v) is 6.20. The predicted molar refractivity (Wildman–Crippen MR) is 71.7 cm³/mol. The molecule has 0 saturated carbocycles. The van der Waals surface area contributed by atoms with Gasteiger partial charge in [-0.15, -0.1) is 0 Å². The van der Waals surface area contributed by atoms with Crippen molar-refractivity contribution >= 4 is 5.97 Å². The van der Waals surface area contributed by atoms with Crippen LogP contribution in [-0.4, -0.2) is 11.1 Å². The maximum absolute atomic E-state index is 10.9. The zero-order valence-corrected chi connectivity index (χ0v) is 10.8. The van der Waals surface area contributed by atoms with Crippen LogP contribution in [0.25, 0.3) is 0 Å². The molecular weight excluding hydrogens is 242 g/mol. The van der Waals surface area contributed by atoms with Crippen molar-refractivity contribution in [2.24, 2.45) is 0 Å². The Hall–Kier alpha value is -2.07. The lowest BCUT2D eigenvalue weighted by Gasteiger charge is -2.08. The van der Waals surface area contributed by atoms with Gasteiger partial charge in [0.05, 0.1) is 18.4 Å². The summed E-state index contributed by atoms with van der Waals surface area (Å²) in [5, 5.41) is 12.2. The van der Waals surface area contributed by atoms with Gasteiger partial charge in [-0.05, 0) is 24.1 Å². The van der Waals surface area contributed by atoms with Crippen molar-refractivity contribution in [2.45, 2.75) is 25.9 Å². The molecule has 0 aliphatic rings. The highest BCUT2D eigenvalue weighted by molar-refractivity contribution is 5.75. The van der Waals surface area contributed by atoms with Gasteiger partial charge >= 0.3 is 5.97 Å². The van der Waals surface area contributed by atoms with Gasteiger partial charge in [0, 0.05) is 18.7 Å². The molecule has 100 valence electrons. The zero-order valence-electron chi connectivity index (χ0n) is 10.8. The summed E-state index contributed by atoms with van der Waals surface area (Å²) in [5.41, 5.74) is 3.06. The van der Waals surface area contributed by atoms with E-state index in [4.69, 9.17) is 9.52 Å². The van der Waals surface area contributed by atoms with Gasteiger partial charge in [0.15, 0.2) is 0 Å². The molecule has 0 saturated heterocycles. The SMILES string of the molecule is CC(C(=O)O)c1ccc(CNCc2ccoc2)cc1. The van der Waals surface area contributed by atoms with E-state index in [2.05, 4.69) is 5.32 Å². The largest absolute Gasteiger partial charge is 0.481 e. The van der Waals surface area contributed by atoms with E-state index >= 15 is 0 Å². The molecule has 2 aromatic rings. The number of carboxylic acid groups (broad SMARTS) is 1. The highest BCUT2D eigenvalue weighted by atomic mass is 16.4. The average Bonchev–Trinajstić information content (AvgIpc) is 2.92. The molecule has 0 spiro atoms. The lowest BCUT2D eigenvalue weighted by Crippen LogP contribution is -2.12. The van der Waals surface area contributed by atoms with Gasteiger partial charge in [0.1, 0.15) is 0 Å². The maximum atomic E-state index is 10.9. The van der Waals surface area contributed by atoms with Gasteiger partial charge in [0.25, 0.3) is 0 Å². The van der Waals surface area contributed by atoms with Crippen LogP contribution in [-0.2, 0) is 17.9 Å². The van der Waals surface area contributed by atoms with Crippen molar-refractivity contribution < 1.29 is 14.3 Å². The Morgan fingerprint density at radius 3 is 2.47 bits per heavy atom. The molecule has 4 heteroatoms. The number of rotatable bonds is 6. The van der Waals surface area contributed by atoms with Crippen LogP contribution in [0.1, 0.15) is 29.5 Å². The van der Waals surface area contributed by atoms with Crippen LogP contribution in [0.5, 0.6) is 0 Å². The topological polar surface area (TPSA) is 62.5 Å². The van der Waals surface area contributed by atoms with Crippen molar-refractivity contribution in [3.63, 3.8) is 0 Å². The van der Waals surface area contributed by atoms with E-state index < -0.39 is 11.9 Å². The minimum atomic E-state index is -0.800. The standard InChI is InChI=1S/C15H17NO3/c1-11(15(17)18)14-4-2-12(3-5-14)8-16-9-13-6-7-19-10-13/h2-7,10-11,16H,8-9H2,1H3,(H,17,18). The Morgan fingerprint density at radius 2 is 1.89 bits per heavy atom. The minimum Gasteiger partial charge on any atom is -0.481 e. The molecule has 0 bridgehead atoms. The van der Waals surface area contributed by atoms with E-state index in [0.29, 0.717) is 0 Å². The minimum absolute atomic E-state index is 0.465. The van der Waals surface area contributed by atoms with E-state index in [-0.39, 0.29) is 0 Å². The van der Waals surface area contributed by atoms with Gasteiger partial charge < -0.3 is 14.8 Å². The summed E-state index contributed by atoms with van der Waals surface area (Å²) in [5.74, 6) is -1.27. The Bertz CT molecular complexity index is 517. The number of hydrogen-bond acceptors (Lipinski definition) is 3. The monoisotopic (exact) mass is 259 g/mol. The fourth-order valence-electron chi connectivity index (χ4n) is 1.81.